The molecule has 2 aliphatic heterocycles. The van der Waals surface area contributed by atoms with E-state index in [1.165, 1.54) is 7.11 Å². The van der Waals surface area contributed by atoms with Gasteiger partial charge in [-0.2, -0.15) is 0 Å². The molecule has 8 heteroatoms. The number of nitrogens with zero attached hydrogens (tertiary/aromatic N) is 3. The van der Waals surface area contributed by atoms with Gasteiger partial charge in [-0.25, -0.2) is 9.18 Å². The normalized spacial score (nSPS) is 16.0. The van der Waals surface area contributed by atoms with E-state index < -0.39 is 5.97 Å². The van der Waals surface area contributed by atoms with Crippen molar-refractivity contribution in [3.63, 3.8) is 0 Å². The molecule has 39 heavy (non-hydrogen) atoms. The van der Waals surface area contributed by atoms with E-state index in [1.807, 2.05) is 11.4 Å². The molecule has 0 radical (unpaired) electrons. The number of hydrogen-bond acceptors (Lipinski definition) is 6. The van der Waals surface area contributed by atoms with Gasteiger partial charge >= 0.3 is 5.97 Å². The van der Waals surface area contributed by atoms with Crippen LogP contribution in [0.4, 0.5) is 21.5 Å². The van der Waals surface area contributed by atoms with Crippen LogP contribution in [-0.2, 0) is 22.4 Å². The molecular formula is C31H30FN3O3S. The Hall–Kier alpha value is -3.75. The van der Waals surface area contributed by atoms with E-state index >= 15 is 0 Å². The molecule has 0 unspecified atom stereocenters. The van der Waals surface area contributed by atoms with Crippen molar-refractivity contribution >= 4 is 50.4 Å². The summed E-state index contributed by atoms with van der Waals surface area (Å²) in [6, 6.07) is 18.8. The van der Waals surface area contributed by atoms with Crippen LogP contribution in [-0.4, -0.2) is 56.6 Å². The molecule has 0 N–H and O–H groups in total. The Balaban J connectivity index is 1.16. The molecular weight excluding hydrogens is 513 g/mol. The number of hydrogen-bond donors (Lipinski definition) is 0. The van der Waals surface area contributed by atoms with Crippen molar-refractivity contribution < 1.29 is 18.7 Å². The van der Waals surface area contributed by atoms with E-state index in [9.17, 15) is 14.0 Å². The third kappa shape index (κ3) is 5.02. The number of anilines is 3. The van der Waals surface area contributed by atoms with Crippen LogP contribution in [0.1, 0.15) is 27.9 Å². The number of carbonyl (C=O) groups is 2. The second kappa shape index (κ2) is 10.8. The molecule has 0 atom stereocenters. The fourth-order valence-corrected chi connectivity index (χ4v) is 6.50. The van der Waals surface area contributed by atoms with Crippen molar-refractivity contribution in [2.75, 3.05) is 49.6 Å². The quantitative estimate of drug-likeness (QED) is 0.288. The van der Waals surface area contributed by atoms with E-state index in [4.69, 9.17) is 4.74 Å². The highest BCUT2D eigenvalue weighted by molar-refractivity contribution is 7.17. The van der Waals surface area contributed by atoms with Gasteiger partial charge in [0.15, 0.2) is 0 Å². The minimum atomic E-state index is -0.459. The first-order valence-corrected chi connectivity index (χ1v) is 14.2. The molecule has 6 nitrogen and oxygen atoms in total. The molecule has 6 rings (SSSR count). The smallest absolute Gasteiger partial charge is 0.339 e. The molecule has 0 spiro atoms. The zero-order valence-corrected chi connectivity index (χ0v) is 22.7. The number of halogens is 1. The molecule has 0 aliphatic carbocycles. The van der Waals surface area contributed by atoms with E-state index in [0.29, 0.717) is 24.1 Å². The number of amides is 1. The number of benzene rings is 3. The number of thiophene rings is 1. The Morgan fingerprint density at radius 2 is 1.77 bits per heavy atom. The minimum absolute atomic E-state index is 0.0239. The summed E-state index contributed by atoms with van der Waals surface area (Å²) in [6.45, 7) is 4.42. The van der Waals surface area contributed by atoms with Crippen molar-refractivity contribution in [1.82, 2.24) is 4.90 Å². The first-order valence-electron chi connectivity index (χ1n) is 13.3. The molecule has 1 aromatic heterocycles. The van der Waals surface area contributed by atoms with Gasteiger partial charge in [0.1, 0.15) is 5.82 Å². The zero-order valence-electron chi connectivity index (χ0n) is 21.9. The standard InChI is InChI=1S/C31H30FN3O3S/c1-38-31(37)25-4-2-3-5-26(25)35-27-18-21(6-7-22(27)8-9-30(35)36)10-12-33-13-15-34(16-14-33)28-19-23(32)20-29-24(28)11-17-39-29/h2-7,11,17-20H,8-10,12-16H2,1H3. The summed E-state index contributed by atoms with van der Waals surface area (Å²) in [5.74, 6) is -0.667. The molecule has 1 saturated heterocycles. The van der Waals surface area contributed by atoms with Crippen LogP contribution in [0.2, 0.25) is 0 Å². The third-order valence-corrected chi connectivity index (χ3v) is 8.61. The van der Waals surface area contributed by atoms with Crippen molar-refractivity contribution in [3.8, 4) is 0 Å². The van der Waals surface area contributed by atoms with Crippen LogP contribution < -0.4 is 9.80 Å². The molecule has 1 amide bonds. The second-order valence-electron chi connectivity index (χ2n) is 10.0. The van der Waals surface area contributed by atoms with Gasteiger partial charge in [-0.05, 0) is 65.7 Å². The topological polar surface area (TPSA) is 53.1 Å². The number of rotatable bonds is 6. The van der Waals surface area contributed by atoms with Crippen LogP contribution >= 0.6 is 11.3 Å². The van der Waals surface area contributed by atoms with Gasteiger partial charge < -0.3 is 9.64 Å². The van der Waals surface area contributed by atoms with Gasteiger partial charge in [-0.3, -0.25) is 14.6 Å². The van der Waals surface area contributed by atoms with E-state index in [0.717, 1.165) is 71.7 Å². The van der Waals surface area contributed by atoms with Gasteiger partial charge in [0, 0.05) is 54.9 Å². The summed E-state index contributed by atoms with van der Waals surface area (Å²) >= 11 is 1.57. The Kier molecular flexibility index (Phi) is 7.06. The van der Waals surface area contributed by atoms with E-state index in [2.05, 4.69) is 34.1 Å². The maximum atomic E-state index is 14.2. The SMILES string of the molecule is COC(=O)c1ccccc1N1C(=O)CCc2ccc(CCN3CCN(c4cc(F)cc5sccc45)CC3)cc21. The Labute approximate surface area is 231 Å². The molecule has 4 aromatic rings. The number of ether oxygens (including phenoxy) is 1. The lowest BCUT2D eigenvalue weighted by Gasteiger charge is -2.36. The lowest BCUT2D eigenvalue weighted by Crippen LogP contribution is -2.47. The number of piperazine rings is 1. The van der Waals surface area contributed by atoms with Crippen molar-refractivity contribution in [2.45, 2.75) is 19.3 Å². The average Bonchev–Trinajstić information content (AvgIpc) is 3.44. The summed E-state index contributed by atoms with van der Waals surface area (Å²) in [5, 5.41) is 3.14. The number of fused-ring (bicyclic) bond motifs is 2. The highest BCUT2D eigenvalue weighted by Gasteiger charge is 2.29. The number of methoxy groups -OCH3 is 1. The van der Waals surface area contributed by atoms with Crippen molar-refractivity contribution in [3.05, 3.63) is 88.6 Å². The number of carbonyl (C=O) groups excluding carboxylic acids is 2. The monoisotopic (exact) mass is 543 g/mol. The van der Waals surface area contributed by atoms with Crippen LogP contribution in [0.25, 0.3) is 10.1 Å². The molecule has 1 fully saturated rings. The third-order valence-electron chi connectivity index (χ3n) is 7.74. The number of esters is 1. The Morgan fingerprint density at radius 1 is 0.949 bits per heavy atom. The summed E-state index contributed by atoms with van der Waals surface area (Å²) in [6.07, 6.45) is 1.93. The van der Waals surface area contributed by atoms with E-state index in [-0.39, 0.29) is 11.7 Å². The summed E-state index contributed by atoms with van der Waals surface area (Å²) in [5.41, 5.74) is 5.01. The highest BCUT2D eigenvalue weighted by Crippen LogP contribution is 2.37. The first-order chi connectivity index (χ1) is 19.0. The van der Waals surface area contributed by atoms with E-state index in [1.54, 1.807) is 46.6 Å². The highest BCUT2D eigenvalue weighted by atomic mass is 32.1. The molecule has 200 valence electrons. The van der Waals surface area contributed by atoms with Crippen LogP contribution in [0.5, 0.6) is 0 Å². The number of para-hydroxylation sites is 1. The number of aryl methyl sites for hydroxylation is 1. The van der Waals surface area contributed by atoms with Gasteiger partial charge in [-0.15, -0.1) is 11.3 Å². The second-order valence-corrected chi connectivity index (χ2v) is 11.0. The van der Waals surface area contributed by atoms with Crippen LogP contribution in [0.3, 0.4) is 0 Å². The fourth-order valence-electron chi connectivity index (χ4n) is 5.67. The zero-order chi connectivity index (χ0) is 26.9. The predicted molar refractivity (Wildman–Crippen MR) is 154 cm³/mol. The summed E-state index contributed by atoms with van der Waals surface area (Å²) in [7, 11) is 1.35. The summed E-state index contributed by atoms with van der Waals surface area (Å²) in [4.78, 5) is 31.9. The molecule has 2 aliphatic rings. The molecule has 3 heterocycles. The minimum Gasteiger partial charge on any atom is -0.465 e. The van der Waals surface area contributed by atoms with Crippen molar-refractivity contribution in [1.29, 1.82) is 0 Å². The van der Waals surface area contributed by atoms with Crippen LogP contribution in [0, 0.1) is 5.82 Å². The van der Waals surface area contributed by atoms with Crippen molar-refractivity contribution in [2.24, 2.45) is 0 Å². The Morgan fingerprint density at radius 3 is 2.59 bits per heavy atom. The van der Waals surface area contributed by atoms with Gasteiger partial charge in [-0.1, -0.05) is 24.3 Å². The average molecular weight is 544 g/mol. The fraction of sp³-hybridized carbons (Fsp3) is 0.290. The Bertz CT molecular complexity index is 1540. The predicted octanol–water partition coefficient (Wildman–Crippen LogP) is 5.80. The first kappa shape index (κ1) is 25.5. The summed E-state index contributed by atoms with van der Waals surface area (Å²) < 4.78 is 20.2. The largest absolute Gasteiger partial charge is 0.465 e. The van der Waals surface area contributed by atoms with Crippen LogP contribution in [0.15, 0.2) is 66.0 Å². The van der Waals surface area contributed by atoms with Gasteiger partial charge in [0.05, 0.1) is 24.0 Å². The van der Waals surface area contributed by atoms with Gasteiger partial charge in [0.2, 0.25) is 5.91 Å². The maximum Gasteiger partial charge on any atom is 0.339 e. The van der Waals surface area contributed by atoms with Gasteiger partial charge in [0.25, 0.3) is 0 Å². The molecule has 3 aromatic carbocycles. The molecule has 0 bridgehead atoms. The lowest BCUT2D eigenvalue weighted by molar-refractivity contribution is -0.118. The maximum absolute atomic E-state index is 14.2. The lowest BCUT2D eigenvalue weighted by atomic mass is 9.96. The molecule has 0 saturated carbocycles.